The third-order valence-corrected chi connectivity index (χ3v) is 2.53. The first-order chi connectivity index (χ1) is 9.01. The highest BCUT2D eigenvalue weighted by Crippen LogP contribution is 2.23. The molecule has 0 aliphatic rings. The van der Waals surface area contributed by atoms with E-state index in [9.17, 15) is 9.59 Å². The Balaban J connectivity index is 0.000000459. The average molecular weight is 346 g/mol. The van der Waals surface area contributed by atoms with Crippen LogP contribution in [0.5, 0.6) is 5.75 Å². The summed E-state index contributed by atoms with van der Waals surface area (Å²) in [6, 6.07) is 6.80. The Kier molecular flexibility index (Phi) is 11.1. The van der Waals surface area contributed by atoms with Gasteiger partial charge in [-0.1, -0.05) is 23.7 Å². The SMILES string of the molecule is O=C(CCCl)Oc1ccccc1Cl.O=C(Cl)CCCl. The van der Waals surface area contributed by atoms with Gasteiger partial charge in [0.25, 0.3) is 0 Å². The standard InChI is InChI=1S/C9H8Cl2O2.C3H4Cl2O/c10-6-5-9(12)13-8-4-2-1-3-7(8)11;4-2-1-3(5)6/h1-4H,5-6H2;1-2H2. The van der Waals surface area contributed by atoms with Crippen molar-refractivity contribution < 1.29 is 14.3 Å². The van der Waals surface area contributed by atoms with Gasteiger partial charge < -0.3 is 4.74 Å². The van der Waals surface area contributed by atoms with E-state index in [-0.39, 0.29) is 29.9 Å². The van der Waals surface area contributed by atoms with E-state index >= 15 is 0 Å². The molecule has 0 heterocycles. The van der Waals surface area contributed by atoms with Gasteiger partial charge in [-0.15, -0.1) is 23.2 Å². The van der Waals surface area contributed by atoms with E-state index in [1.807, 2.05) is 0 Å². The summed E-state index contributed by atoms with van der Waals surface area (Å²) in [6.45, 7) is 0. The molecular formula is C12H12Cl4O3. The van der Waals surface area contributed by atoms with Gasteiger partial charge in [0.15, 0.2) is 0 Å². The second-order valence-corrected chi connectivity index (χ2v) is 4.72. The average Bonchev–Trinajstić information content (AvgIpc) is 2.33. The molecule has 0 aliphatic carbocycles. The Hall–Kier alpha value is -0.480. The molecular weight excluding hydrogens is 334 g/mol. The summed E-state index contributed by atoms with van der Waals surface area (Å²) in [7, 11) is 0. The van der Waals surface area contributed by atoms with Gasteiger partial charge in [-0.3, -0.25) is 9.59 Å². The molecule has 0 aliphatic heterocycles. The number of ether oxygens (including phenoxy) is 1. The van der Waals surface area contributed by atoms with Crippen LogP contribution < -0.4 is 4.74 Å². The van der Waals surface area contributed by atoms with Crippen LogP contribution in [-0.4, -0.2) is 23.0 Å². The third kappa shape index (κ3) is 10.0. The second kappa shape index (κ2) is 11.4. The number of carbonyl (C=O) groups is 2. The van der Waals surface area contributed by atoms with Crippen LogP contribution in [0.3, 0.4) is 0 Å². The van der Waals surface area contributed by atoms with E-state index < -0.39 is 0 Å². The Morgan fingerprint density at radius 2 is 1.63 bits per heavy atom. The minimum absolute atomic E-state index is 0.187. The number of halogens is 4. The molecule has 1 aromatic rings. The van der Waals surface area contributed by atoms with Crippen molar-refractivity contribution in [3.05, 3.63) is 29.3 Å². The molecule has 3 nitrogen and oxygen atoms in total. The molecule has 19 heavy (non-hydrogen) atoms. The summed E-state index contributed by atoms with van der Waals surface area (Å²) in [4.78, 5) is 20.7. The van der Waals surface area contributed by atoms with Crippen LogP contribution in [0.4, 0.5) is 0 Å². The number of carbonyl (C=O) groups excluding carboxylic acids is 2. The molecule has 0 fully saturated rings. The third-order valence-electron chi connectivity index (χ3n) is 1.65. The van der Waals surface area contributed by atoms with E-state index in [1.54, 1.807) is 24.3 Å². The van der Waals surface area contributed by atoms with Gasteiger partial charge >= 0.3 is 5.97 Å². The van der Waals surface area contributed by atoms with Crippen LogP contribution in [0, 0.1) is 0 Å². The summed E-state index contributed by atoms with van der Waals surface area (Å²) in [6.07, 6.45) is 0.454. The number of alkyl halides is 2. The van der Waals surface area contributed by atoms with Gasteiger partial charge in [-0.25, -0.2) is 0 Å². The van der Waals surface area contributed by atoms with E-state index in [0.29, 0.717) is 16.7 Å². The molecule has 0 N–H and O–H groups in total. The number of hydrogen-bond acceptors (Lipinski definition) is 3. The fourth-order valence-electron chi connectivity index (χ4n) is 0.853. The fourth-order valence-corrected chi connectivity index (χ4v) is 1.54. The van der Waals surface area contributed by atoms with E-state index in [4.69, 9.17) is 51.1 Å². The van der Waals surface area contributed by atoms with Crippen molar-refractivity contribution in [3.8, 4) is 5.75 Å². The second-order valence-electron chi connectivity index (χ2n) is 3.14. The highest BCUT2D eigenvalue weighted by atomic mass is 35.5. The van der Waals surface area contributed by atoms with Crippen molar-refractivity contribution in [1.29, 1.82) is 0 Å². The van der Waals surface area contributed by atoms with Gasteiger partial charge in [0.1, 0.15) is 5.75 Å². The quantitative estimate of drug-likeness (QED) is 0.346. The lowest BCUT2D eigenvalue weighted by molar-refractivity contribution is -0.133. The maximum absolute atomic E-state index is 11.0. The topological polar surface area (TPSA) is 43.4 Å². The summed E-state index contributed by atoms with van der Waals surface area (Å²) >= 11 is 21.1. The molecule has 1 aromatic carbocycles. The Morgan fingerprint density at radius 1 is 1.05 bits per heavy atom. The molecule has 0 bridgehead atoms. The minimum atomic E-state index is -0.372. The Labute approximate surface area is 131 Å². The molecule has 0 radical (unpaired) electrons. The van der Waals surface area contributed by atoms with Crippen LogP contribution >= 0.6 is 46.4 Å². The van der Waals surface area contributed by atoms with Crippen LogP contribution in [-0.2, 0) is 9.59 Å². The Bertz CT molecular complexity index is 410. The van der Waals surface area contributed by atoms with E-state index in [0.717, 1.165) is 0 Å². The lowest BCUT2D eigenvalue weighted by Gasteiger charge is -2.03. The largest absolute Gasteiger partial charge is 0.425 e. The van der Waals surface area contributed by atoms with Crippen molar-refractivity contribution in [2.24, 2.45) is 0 Å². The van der Waals surface area contributed by atoms with Crippen molar-refractivity contribution in [2.75, 3.05) is 11.8 Å². The Morgan fingerprint density at radius 3 is 2.05 bits per heavy atom. The first-order valence-corrected chi connectivity index (χ1v) is 7.09. The number of hydrogen-bond donors (Lipinski definition) is 0. The number of rotatable bonds is 5. The predicted molar refractivity (Wildman–Crippen MR) is 78.6 cm³/mol. The molecule has 106 valence electrons. The van der Waals surface area contributed by atoms with Crippen molar-refractivity contribution in [2.45, 2.75) is 12.8 Å². The molecule has 0 atom stereocenters. The molecule has 0 saturated heterocycles. The molecule has 0 unspecified atom stereocenters. The molecule has 0 saturated carbocycles. The number of para-hydroxylation sites is 1. The van der Waals surface area contributed by atoms with Crippen LogP contribution in [0.15, 0.2) is 24.3 Å². The fraction of sp³-hybridized carbons (Fsp3) is 0.333. The lowest BCUT2D eigenvalue weighted by atomic mass is 10.3. The molecule has 7 heteroatoms. The minimum Gasteiger partial charge on any atom is -0.425 e. The summed E-state index contributed by atoms with van der Waals surface area (Å²) in [5.74, 6) is 0.577. The molecule has 0 amide bonds. The zero-order valence-corrected chi connectivity index (χ0v) is 12.9. The van der Waals surface area contributed by atoms with Crippen LogP contribution in [0.1, 0.15) is 12.8 Å². The lowest BCUT2D eigenvalue weighted by Crippen LogP contribution is -2.08. The number of esters is 1. The highest BCUT2D eigenvalue weighted by Gasteiger charge is 2.06. The molecule has 0 aromatic heterocycles. The van der Waals surface area contributed by atoms with Gasteiger partial charge in [0.2, 0.25) is 5.24 Å². The van der Waals surface area contributed by atoms with Crippen molar-refractivity contribution in [1.82, 2.24) is 0 Å². The van der Waals surface area contributed by atoms with Crippen molar-refractivity contribution >= 4 is 57.6 Å². The highest BCUT2D eigenvalue weighted by molar-refractivity contribution is 6.63. The predicted octanol–water partition coefficient (Wildman–Crippen LogP) is 4.26. The zero-order valence-electron chi connectivity index (χ0n) is 9.87. The van der Waals surface area contributed by atoms with Crippen molar-refractivity contribution in [3.63, 3.8) is 0 Å². The van der Waals surface area contributed by atoms with Gasteiger partial charge in [0, 0.05) is 18.2 Å². The zero-order chi connectivity index (χ0) is 14.7. The van der Waals surface area contributed by atoms with E-state index in [1.165, 1.54) is 0 Å². The van der Waals surface area contributed by atoms with Gasteiger partial charge in [-0.05, 0) is 23.7 Å². The summed E-state index contributed by atoms with van der Waals surface area (Å²) in [5, 5.41) is 0.0513. The first-order valence-electron chi connectivity index (χ1n) is 5.26. The summed E-state index contributed by atoms with van der Waals surface area (Å²) in [5.41, 5.74) is 0. The maximum Gasteiger partial charge on any atom is 0.312 e. The van der Waals surface area contributed by atoms with Gasteiger partial charge in [0.05, 0.1) is 11.4 Å². The number of benzene rings is 1. The van der Waals surface area contributed by atoms with E-state index in [2.05, 4.69) is 0 Å². The first kappa shape index (κ1) is 18.5. The van der Waals surface area contributed by atoms with Crippen LogP contribution in [0.2, 0.25) is 5.02 Å². The maximum atomic E-state index is 11.0. The normalized spacial score (nSPS) is 9.26. The van der Waals surface area contributed by atoms with Crippen LogP contribution in [0.25, 0.3) is 0 Å². The van der Waals surface area contributed by atoms with Gasteiger partial charge in [-0.2, -0.15) is 0 Å². The monoisotopic (exact) mass is 344 g/mol. The smallest absolute Gasteiger partial charge is 0.312 e. The summed E-state index contributed by atoms with van der Waals surface area (Å²) < 4.78 is 4.93. The molecule has 1 rings (SSSR count). The molecule has 0 spiro atoms.